The standard InChI is InChI=1S/C23H22N6O2/c1-2-13-29-16-25-20-21(24)26-19(27-22(20)29)10-6-7-17-11-14-28(15-12-17)23(30)31-18-8-4-3-5-9-18/h1,3-5,8-9,16-17H,7,11-15H2,(H2,24,26,27). The van der Waals surface area contributed by atoms with Crippen LogP contribution in [0.4, 0.5) is 10.6 Å². The highest BCUT2D eigenvalue weighted by Gasteiger charge is 2.23. The van der Waals surface area contributed by atoms with Gasteiger partial charge < -0.3 is 19.9 Å². The number of nitrogens with two attached hydrogens (primary N) is 1. The number of carbonyl (C=O) groups is 1. The van der Waals surface area contributed by atoms with Crippen LogP contribution in [0, 0.1) is 30.1 Å². The second-order valence-electron chi connectivity index (χ2n) is 7.30. The van der Waals surface area contributed by atoms with Crippen molar-refractivity contribution in [3.8, 4) is 29.9 Å². The maximum atomic E-state index is 12.3. The minimum Gasteiger partial charge on any atom is -0.410 e. The summed E-state index contributed by atoms with van der Waals surface area (Å²) in [4.78, 5) is 26.9. The quantitative estimate of drug-likeness (QED) is 0.662. The number of terminal acetylenes is 1. The molecule has 0 spiro atoms. The van der Waals surface area contributed by atoms with E-state index in [0.717, 1.165) is 12.8 Å². The molecule has 3 heterocycles. The first-order valence-electron chi connectivity index (χ1n) is 10.1. The van der Waals surface area contributed by atoms with Crippen molar-refractivity contribution in [2.75, 3.05) is 18.8 Å². The van der Waals surface area contributed by atoms with E-state index in [1.54, 1.807) is 27.9 Å². The van der Waals surface area contributed by atoms with E-state index < -0.39 is 0 Å². The van der Waals surface area contributed by atoms with Gasteiger partial charge in [-0.15, -0.1) is 6.42 Å². The number of ether oxygens (including phenoxy) is 1. The van der Waals surface area contributed by atoms with Crippen LogP contribution in [0.25, 0.3) is 11.2 Å². The summed E-state index contributed by atoms with van der Waals surface area (Å²) in [5, 5.41) is 0. The van der Waals surface area contributed by atoms with E-state index in [-0.39, 0.29) is 11.9 Å². The third-order valence-electron chi connectivity index (χ3n) is 5.16. The molecule has 1 saturated heterocycles. The van der Waals surface area contributed by atoms with E-state index >= 15 is 0 Å². The predicted molar refractivity (Wildman–Crippen MR) is 117 cm³/mol. The maximum absolute atomic E-state index is 12.3. The maximum Gasteiger partial charge on any atom is 0.415 e. The van der Waals surface area contributed by atoms with Crippen molar-refractivity contribution in [2.45, 2.75) is 25.8 Å². The first kappa shape index (κ1) is 20.2. The van der Waals surface area contributed by atoms with Crippen molar-refractivity contribution in [2.24, 2.45) is 5.92 Å². The van der Waals surface area contributed by atoms with Crippen LogP contribution in [-0.2, 0) is 6.54 Å². The number of rotatable bonds is 3. The molecule has 0 atom stereocenters. The molecule has 0 saturated carbocycles. The lowest BCUT2D eigenvalue weighted by Crippen LogP contribution is -2.40. The van der Waals surface area contributed by atoms with Gasteiger partial charge in [0, 0.05) is 19.5 Å². The van der Waals surface area contributed by atoms with Gasteiger partial charge in [-0.1, -0.05) is 30.0 Å². The number of amides is 1. The molecule has 2 N–H and O–H groups in total. The van der Waals surface area contributed by atoms with Crippen LogP contribution < -0.4 is 10.5 Å². The van der Waals surface area contributed by atoms with Crippen LogP contribution in [0.2, 0.25) is 0 Å². The number of fused-ring (bicyclic) bond motifs is 1. The number of para-hydroxylation sites is 1. The molecule has 0 radical (unpaired) electrons. The van der Waals surface area contributed by atoms with Gasteiger partial charge in [0.25, 0.3) is 0 Å². The normalized spacial score (nSPS) is 14.0. The molecule has 4 rings (SSSR count). The average Bonchev–Trinajstić information content (AvgIpc) is 3.18. The van der Waals surface area contributed by atoms with E-state index in [4.69, 9.17) is 16.9 Å². The molecule has 31 heavy (non-hydrogen) atoms. The summed E-state index contributed by atoms with van der Waals surface area (Å²) in [7, 11) is 0. The zero-order valence-corrected chi connectivity index (χ0v) is 17.0. The van der Waals surface area contributed by atoms with E-state index in [0.29, 0.717) is 54.7 Å². The molecule has 8 nitrogen and oxygen atoms in total. The fraction of sp³-hybridized carbons (Fsp3) is 0.304. The van der Waals surface area contributed by atoms with Gasteiger partial charge in [-0.25, -0.2) is 19.7 Å². The zero-order valence-electron chi connectivity index (χ0n) is 17.0. The number of nitrogen functional groups attached to an aromatic ring is 1. The molecular weight excluding hydrogens is 392 g/mol. The molecule has 156 valence electrons. The highest BCUT2D eigenvalue weighted by atomic mass is 16.6. The molecule has 1 aromatic carbocycles. The Kier molecular flexibility index (Phi) is 6.00. The van der Waals surface area contributed by atoms with Crippen LogP contribution in [0.1, 0.15) is 25.1 Å². The van der Waals surface area contributed by atoms with Crippen molar-refractivity contribution in [3.05, 3.63) is 42.5 Å². The minimum absolute atomic E-state index is 0.287. The molecule has 0 unspecified atom stereocenters. The van der Waals surface area contributed by atoms with Crippen LogP contribution in [0.15, 0.2) is 36.7 Å². The third kappa shape index (κ3) is 4.76. The van der Waals surface area contributed by atoms with E-state index in [1.807, 2.05) is 18.2 Å². The van der Waals surface area contributed by atoms with E-state index in [1.165, 1.54) is 0 Å². The van der Waals surface area contributed by atoms with Gasteiger partial charge in [-0.2, -0.15) is 0 Å². The van der Waals surface area contributed by atoms with Gasteiger partial charge >= 0.3 is 6.09 Å². The number of anilines is 1. The molecule has 0 bridgehead atoms. The number of hydrogen-bond acceptors (Lipinski definition) is 6. The molecule has 1 amide bonds. The largest absolute Gasteiger partial charge is 0.415 e. The fourth-order valence-electron chi connectivity index (χ4n) is 3.48. The van der Waals surface area contributed by atoms with Crippen LogP contribution in [0.3, 0.4) is 0 Å². The first-order chi connectivity index (χ1) is 15.1. The predicted octanol–water partition coefficient (Wildman–Crippen LogP) is 2.69. The lowest BCUT2D eigenvalue weighted by molar-refractivity contribution is 0.131. The number of nitrogens with zero attached hydrogens (tertiary/aromatic N) is 5. The molecule has 1 fully saturated rings. The minimum atomic E-state index is -0.309. The number of piperidine rings is 1. The Balaban J connectivity index is 1.33. The van der Waals surface area contributed by atoms with Gasteiger partial charge in [-0.05, 0) is 36.8 Å². The Morgan fingerprint density at radius 3 is 2.74 bits per heavy atom. The Morgan fingerprint density at radius 2 is 2.00 bits per heavy atom. The van der Waals surface area contributed by atoms with Crippen molar-refractivity contribution in [3.63, 3.8) is 0 Å². The van der Waals surface area contributed by atoms with E-state index in [9.17, 15) is 4.79 Å². The Labute approximate surface area is 180 Å². The number of imidazole rings is 1. The molecule has 2 aromatic heterocycles. The molecule has 1 aliphatic heterocycles. The Morgan fingerprint density at radius 1 is 1.23 bits per heavy atom. The molecule has 8 heteroatoms. The number of hydrogen-bond donors (Lipinski definition) is 1. The summed E-state index contributed by atoms with van der Waals surface area (Å²) in [6.45, 7) is 1.66. The molecular formula is C23H22N6O2. The summed E-state index contributed by atoms with van der Waals surface area (Å²) in [5.41, 5.74) is 7.09. The summed E-state index contributed by atoms with van der Waals surface area (Å²) in [6.07, 6.45) is 9.12. The van der Waals surface area contributed by atoms with Crippen LogP contribution in [-0.4, -0.2) is 43.6 Å². The Bertz CT molecular complexity index is 1180. The highest BCUT2D eigenvalue weighted by Crippen LogP contribution is 2.21. The second-order valence-corrected chi connectivity index (χ2v) is 7.30. The average molecular weight is 414 g/mol. The van der Waals surface area contributed by atoms with Gasteiger partial charge in [0.2, 0.25) is 5.82 Å². The topological polar surface area (TPSA) is 99.2 Å². The number of carbonyl (C=O) groups excluding carboxylic acids is 1. The molecule has 1 aliphatic rings. The van der Waals surface area contributed by atoms with Gasteiger partial charge in [0.1, 0.15) is 11.3 Å². The summed E-state index contributed by atoms with van der Waals surface area (Å²) in [5.74, 6) is 10.3. The second kappa shape index (κ2) is 9.19. The Hall–Kier alpha value is -4.04. The zero-order chi connectivity index (χ0) is 21.6. The van der Waals surface area contributed by atoms with Crippen molar-refractivity contribution in [1.29, 1.82) is 0 Å². The molecule has 0 aliphatic carbocycles. The fourth-order valence-corrected chi connectivity index (χ4v) is 3.48. The van der Waals surface area contributed by atoms with Crippen molar-refractivity contribution < 1.29 is 9.53 Å². The van der Waals surface area contributed by atoms with Crippen molar-refractivity contribution in [1.82, 2.24) is 24.4 Å². The van der Waals surface area contributed by atoms with Crippen LogP contribution >= 0.6 is 0 Å². The number of benzene rings is 1. The number of aromatic nitrogens is 4. The molecule has 3 aromatic rings. The van der Waals surface area contributed by atoms with Crippen LogP contribution in [0.5, 0.6) is 5.75 Å². The summed E-state index contributed by atoms with van der Waals surface area (Å²) in [6, 6.07) is 9.10. The van der Waals surface area contributed by atoms with Gasteiger partial charge in [0.05, 0.1) is 12.9 Å². The van der Waals surface area contributed by atoms with Gasteiger partial charge in [-0.3, -0.25) is 0 Å². The SMILES string of the molecule is C#CCn1cnc2c(N)nc(C#CCC3CCN(C(=O)Oc4ccccc4)CC3)nc21. The summed E-state index contributed by atoms with van der Waals surface area (Å²) < 4.78 is 7.14. The lowest BCUT2D eigenvalue weighted by atomic mass is 9.94. The lowest BCUT2D eigenvalue weighted by Gasteiger charge is -2.30. The first-order valence-corrected chi connectivity index (χ1v) is 10.1. The smallest absolute Gasteiger partial charge is 0.410 e. The summed E-state index contributed by atoms with van der Waals surface area (Å²) >= 11 is 0. The van der Waals surface area contributed by atoms with Crippen molar-refractivity contribution >= 4 is 23.1 Å². The van der Waals surface area contributed by atoms with E-state index in [2.05, 4.69) is 32.7 Å². The monoisotopic (exact) mass is 414 g/mol. The highest BCUT2D eigenvalue weighted by molar-refractivity contribution is 5.82. The van der Waals surface area contributed by atoms with Gasteiger partial charge in [0.15, 0.2) is 11.5 Å². The number of likely N-dealkylation sites (tertiary alicyclic amines) is 1. The third-order valence-corrected chi connectivity index (χ3v) is 5.16.